The molecule has 0 radical (unpaired) electrons. The zero-order valence-electron chi connectivity index (χ0n) is 10.9. The summed E-state index contributed by atoms with van der Waals surface area (Å²) in [6.07, 6.45) is 1.02. The first-order valence-corrected chi connectivity index (χ1v) is 5.79. The van der Waals surface area contributed by atoms with Crippen LogP contribution in [-0.2, 0) is 4.79 Å². The fourth-order valence-corrected chi connectivity index (χ4v) is 1.58. The highest BCUT2D eigenvalue weighted by Gasteiger charge is 2.24. The van der Waals surface area contributed by atoms with Crippen molar-refractivity contribution < 1.29 is 4.79 Å². The second-order valence-corrected chi connectivity index (χ2v) is 5.20. The Morgan fingerprint density at radius 3 is 2.00 bits per heavy atom. The maximum Gasteiger partial charge on any atom is 0.239 e. The van der Waals surface area contributed by atoms with E-state index >= 15 is 0 Å². The topological polar surface area (TPSA) is 46.3 Å². The van der Waals surface area contributed by atoms with Gasteiger partial charge in [0.1, 0.15) is 0 Å². The molecule has 3 nitrogen and oxygen atoms in total. The second kappa shape index (κ2) is 6.11. The Morgan fingerprint density at radius 2 is 1.67 bits per heavy atom. The van der Waals surface area contributed by atoms with E-state index in [-0.39, 0.29) is 23.9 Å². The molecular formula is C12H26N2O. The molecule has 2 N–H and O–H groups in total. The predicted octanol–water partition coefficient (Wildman–Crippen LogP) is 1.86. The van der Waals surface area contributed by atoms with E-state index in [1.54, 1.807) is 4.90 Å². The highest BCUT2D eigenvalue weighted by molar-refractivity contribution is 5.81. The van der Waals surface area contributed by atoms with E-state index in [1.165, 1.54) is 0 Å². The number of nitrogens with zero attached hydrogens (tertiary/aromatic N) is 1. The monoisotopic (exact) mass is 214 g/mol. The van der Waals surface area contributed by atoms with Gasteiger partial charge in [0.05, 0.1) is 6.04 Å². The van der Waals surface area contributed by atoms with Crippen LogP contribution in [-0.4, -0.2) is 29.9 Å². The Labute approximate surface area is 94.0 Å². The largest absolute Gasteiger partial charge is 0.342 e. The molecule has 2 atom stereocenters. The molecule has 0 aliphatic heterocycles. The van der Waals surface area contributed by atoms with Gasteiger partial charge < -0.3 is 10.6 Å². The van der Waals surface area contributed by atoms with E-state index in [1.807, 2.05) is 20.9 Å². The quantitative estimate of drug-likeness (QED) is 0.759. The first kappa shape index (κ1) is 14.4. The third-order valence-electron chi connectivity index (χ3n) is 2.82. The fraction of sp³-hybridized carbons (Fsp3) is 0.917. The van der Waals surface area contributed by atoms with Crippen molar-refractivity contribution >= 4 is 5.91 Å². The van der Waals surface area contributed by atoms with Gasteiger partial charge in [-0.25, -0.2) is 0 Å². The molecule has 0 spiro atoms. The minimum Gasteiger partial charge on any atom is -0.342 e. The van der Waals surface area contributed by atoms with Crippen molar-refractivity contribution in [3.05, 3.63) is 0 Å². The first-order valence-electron chi connectivity index (χ1n) is 5.79. The maximum atomic E-state index is 11.9. The molecule has 3 heteroatoms. The summed E-state index contributed by atoms with van der Waals surface area (Å²) in [6.45, 7) is 10.4. The van der Waals surface area contributed by atoms with Gasteiger partial charge in [0, 0.05) is 13.1 Å². The molecule has 15 heavy (non-hydrogen) atoms. The molecule has 0 aromatic carbocycles. The summed E-state index contributed by atoms with van der Waals surface area (Å²) in [6, 6.07) is -0.105. The molecule has 0 saturated carbocycles. The average Bonchev–Trinajstić information content (AvgIpc) is 2.13. The summed E-state index contributed by atoms with van der Waals surface area (Å²) in [7, 11) is 1.84. The lowest BCUT2D eigenvalue weighted by atomic mass is 10.0. The van der Waals surface area contributed by atoms with Crippen LogP contribution < -0.4 is 5.73 Å². The van der Waals surface area contributed by atoms with E-state index in [4.69, 9.17) is 5.73 Å². The Morgan fingerprint density at radius 1 is 1.20 bits per heavy atom. The molecule has 0 aliphatic carbocycles. The Balaban J connectivity index is 4.30. The molecule has 2 unspecified atom stereocenters. The van der Waals surface area contributed by atoms with Crippen LogP contribution in [0.2, 0.25) is 0 Å². The summed E-state index contributed by atoms with van der Waals surface area (Å²) >= 11 is 0. The van der Waals surface area contributed by atoms with E-state index in [2.05, 4.69) is 20.8 Å². The molecule has 0 saturated heterocycles. The number of carbonyl (C=O) groups is 1. The molecule has 0 rings (SSSR count). The van der Waals surface area contributed by atoms with Gasteiger partial charge in [0.15, 0.2) is 0 Å². The lowest BCUT2D eigenvalue weighted by Crippen LogP contribution is -2.48. The smallest absolute Gasteiger partial charge is 0.239 e. The fourth-order valence-electron chi connectivity index (χ4n) is 1.58. The number of likely N-dealkylation sites (N-methyl/N-ethyl adjacent to an activating group) is 1. The lowest BCUT2D eigenvalue weighted by Gasteiger charge is -2.29. The van der Waals surface area contributed by atoms with Crippen molar-refractivity contribution in [3.63, 3.8) is 0 Å². The van der Waals surface area contributed by atoms with Crippen molar-refractivity contribution in [1.82, 2.24) is 4.90 Å². The molecule has 0 aromatic rings. The van der Waals surface area contributed by atoms with E-state index in [9.17, 15) is 4.79 Å². The van der Waals surface area contributed by atoms with Crippen LogP contribution in [0.4, 0.5) is 0 Å². The van der Waals surface area contributed by atoms with Crippen LogP contribution in [0.3, 0.4) is 0 Å². The molecule has 0 heterocycles. The number of hydrogen-bond acceptors (Lipinski definition) is 2. The average molecular weight is 214 g/mol. The molecule has 0 aromatic heterocycles. The lowest BCUT2D eigenvalue weighted by molar-refractivity contribution is -0.134. The minimum absolute atomic E-state index is 0.0538. The van der Waals surface area contributed by atoms with Crippen LogP contribution in [0, 0.1) is 11.8 Å². The van der Waals surface area contributed by atoms with E-state index in [0.29, 0.717) is 5.92 Å². The van der Waals surface area contributed by atoms with Crippen LogP contribution in [0.15, 0.2) is 0 Å². The van der Waals surface area contributed by atoms with Crippen molar-refractivity contribution in [2.75, 3.05) is 7.05 Å². The van der Waals surface area contributed by atoms with Gasteiger partial charge in [-0.15, -0.1) is 0 Å². The first-order chi connectivity index (χ1) is 6.77. The number of rotatable bonds is 5. The Hall–Kier alpha value is -0.570. The molecule has 1 amide bonds. The normalized spacial score (nSPS) is 15.5. The van der Waals surface area contributed by atoms with Crippen LogP contribution in [0.5, 0.6) is 0 Å². The molecule has 0 aliphatic rings. The molecular weight excluding hydrogens is 188 g/mol. The molecule has 90 valence electrons. The van der Waals surface area contributed by atoms with Crippen molar-refractivity contribution in [3.8, 4) is 0 Å². The Bertz CT molecular complexity index is 202. The number of nitrogens with two attached hydrogens (primary N) is 1. The number of carbonyl (C=O) groups excluding carboxylic acids is 1. The molecule has 0 bridgehead atoms. The zero-order valence-corrected chi connectivity index (χ0v) is 10.9. The molecule has 0 fully saturated rings. The van der Waals surface area contributed by atoms with E-state index < -0.39 is 0 Å². The van der Waals surface area contributed by atoms with Gasteiger partial charge in [-0.3, -0.25) is 4.79 Å². The third-order valence-corrected chi connectivity index (χ3v) is 2.82. The number of amides is 1. The second-order valence-electron chi connectivity index (χ2n) is 5.20. The van der Waals surface area contributed by atoms with Crippen LogP contribution >= 0.6 is 0 Å². The van der Waals surface area contributed by atoms with Gasteiger partial charge >= 0.3 is 0 Å². The van der Waals surface area contributed by atoms with Gasteiger partial charge in [-0.1, -0.05) is 27.7 Å². The maximum absolute atomic E-state index is 11.9. The Kier molecular flexibility index (Phi) is 5.88. The van der Waals surface area contributed by atoms with Crippen molar-refractivity contribution in [2.45, 2.75) is 53.1 Å². The minimum atomic E-state index is -0.371. The highest BCUT2D eigenvalue weighted by Crippen LogP contribution is 2.12. The standard InChI is InChI=1S/C12H26N2O/c1-8(2)7-10(5)14(6)12(15)11(13)9(3)4/h8-11H,7,13H2,1-6H3. The summed E-state index contributed by atoms with van der Waals surface area (Å²) in [4.78, 5) is 13.7. The predicted molar refractivity (Wildman–Crippen MR) is 64.5 cm³/mol. The van der Waals surface area contributed by atoms with Gasteiger partial charge in [-0.2, -0.15) is 0 Å². The summed E-state index contributed by atoms with van der Waals surface area (Å²) in [5.41, 5.74) is 5.84. The van der Waals surface area contributed by atoms with Crippen molar-refractivity contribution in [1.29, 1.82) is 0 Å². The summed E-state index contributed by atoms with van der Waals surface area (Å²) in [5, 5.41) is 0. The van der Waals surface area contributed by atoms with Gasteiger partial charge in [-0.05, 0) is 25.2 Å². The number of hydrogen-bond donors (Lipinski definition) is 1. The summed E-state index contributed by atoms with van der Waals surface area (Å²) < 4.78 is 0. The zero-order chi connectivity index (χ0) is 12.2. The summed E-state index contributed by atoms with van der Waals surface area (Å²) in [5.74, 6) is 0.856. The van der Waals surface area contributed by atoms with E-state index in [0.717, 1.165) is 6.42 Å². The SMILES string of the molecule is CC(C)CC(C)N(C)C(=O)C(N)C(C)C. The highest BCUT2D eigenvalue weighted by atomic mass is 16.2. The third kappa shape index (κ3) is 4.65. The van der Waals surface area contributed by atoms with Gasteiger partial charge in [0.25, 0.3) is 0 Å². The van der Waals surface area contributed by atoms with Gasteiger partial charge in [0.2, 0.25) is 5.91 Å². The van der Waals surface area contributed by atoms with Crippen LogP contribution in [0.1, 0.15) is 41.0 Å². The van der Waals surface area contributed by atoms with Crippen molar-refractivity contribution in [2.24, 2.45) is 17.6 Å². The van der Waals surface area contributed by atoms with Crippen LogP contribution in [0.25, 0.3) is 0 Å².